The Bertz CT molecular complexity index is 728. The Morgan fingerprint density at radius 1 is 1.43 bits per heavy atom. The Hall–Kier alpha value is -1.95. The number of rotatable bonds is 3. The predicted molar refractivity (Wildman–Crippen MR) is 77.9 cm³/mol. The van der Waals surface area contributed by atoms with E-state index in [-0.39, 0.29) is 5.56 Å². The van der Waals surface area contributed by atoms with Gasteiger partial charge < -0.3 is 9.55 Å². The van der Waals surface area contributed by atoms with Gasteiger partial charge in [-0.1, -0.05) is 0 Å². The molecule has 1 aliphatic carbocycles. The number of H-pyrrole nitrogens is 1. The van der Waals surface area contributed by atoms with E-state index in [2.05, 4.69) is 19.9 Å². The molecule has 0 aromatic carbocycles. The standard InChI is InChI=1S/C15H19N5O/c1-19-7-5-16-13(19)9-20-6-4-12-11(8-20)15(21)18-14(17-12)10-2-3-10/h5,7,10H,2-4,6,8-9H2,1H3,(H,17,18,21). The van der Waals surface area contributed by atoms with Crippen molar-refractivity contribution in [2.24, 2.45) is 7.05 Å². The number of hydrogen-bond acceptors (Lipinski definition) is 4. The molecule has 1 aliphatic heterocycles. The third-order valence-corrected chi connectivity index (χ3v) is 4.42. The first-order chi connectivity index (χ1) is 10.2. The predicted octanol–water partition coefficient (Wildman–Crippen LogP) is 0.939. The molecule has 1 N–H and O–H groups in total. The van der Waals surface area contributed by atoms with E-state index in [1.807, 2.05) is 24.0 Å². The fourth-order valence-corrected chi connectivity index (χ4v) is 2.93. The van der Waals surface area contributed by atoms with E-state index in [0.717, 1.165) is 55.3 Å². The number of imidazole rings is 1. The molecule has 0 atom stereocenters. The van der Waals surface area contributed by atoms with Crippen LogP contribution in [0.4, 0.5) is 0 Å². The molecule has 4 rings (SSSR count). The van der Waals surface area contributed by atoms with Crippen LogP contribution in [-0.4, -0.2) is 31.0 Å². The maximum atomic E-state index is 12.3. The second kappa shape index (κ2) is 4.80. The maximum Gasteiger partial charge on any atom is 0.255 e. The van der Waals surface area contributed by atoms with Crippen LogP contribution in [0.3, 0.4) is 0 Å². The van der Waals surface area contributed by atoms with Crippen molar-refractivity contribution < 1.29 is 0 Å². The molecule has 2 aromatic rings. The highest BCUT2D eigenvalue weighted by Gasteiger charge is 2.29. The SMILES string of the molecule is Cn1ccnc1CN1CCc2nc(C3CC3)[nH]c(=O)c2C1. The smallest absolute Gasteiger partial charge is 0.255 e. The van der Waals surface area contributed by atoms with Crippen LogP contribution >= 0.6 is 0 Å². The first-order valence-corrected chi connectivity index (χ1v) is 7.51. The van der Waals surface area contributed by atoms with Crippen molar-refractivity contribution >= 4 is 0 Å². The van der Waals surface area contributed by atoms with Crippen LogP contribution in [0, 0.1) is 0 Å². The summed E-state index contributed by atoms with van der Waals surface area (Å²) in [5.74, 6) is 2.42. The molecule has 0 radical (unpaired) electrons. The van der Waals surface area contributed by atoms with Gasteiger partial charge in [0.1, 0.15) is 11.6 Å². The average Bonchev–Trinajstić information content (AvgIpc) is 3.25. The number of aromatic nitrogens is 4. The number of fused-ring (bicyclic) bond motifs is 1. The molecule has 0 unspecified atom stereocenters. The van der Waals surface area contributed by atoms with Gasteiger partial charge in [-0.2, -0.15) is 0 Å². The van der Waals surface area contributed by atoms with Crippen molar-refractivity contribution in [3.63, 3.8) is 0 Å². The fourth-order valence-electron chi connectivity index (χ4n) is 2.93. The van der Waals surface area contributed by atoms with Crippen LogP contribution in [0.15, 0.2) is 17.2 Å². The number of aryl methyl sites for hydroxylation is 1. The van der Waals surface area contributed by atoms with Gasteiger partial charge >= 0.3 is 0 Å². The lowest BCUT2D eigenvalue weighted by Gasteiger charge is -2.27. The van der Waals surface area contributed by atoms with Crippen molar-refractivity contribution in [1.82, 2.24) is 24.4 Å². The Morgan fingerprint density at radius 2 is 2.29 bits per heavy atom. The lowest BCUT2D eigenvalue weighted by molar-refractivity contribution is 0.233. The molecule has 0 amide bonds. The Labute approximate surface area is 122 Å². The molecule has 2 aliphatic rings. The monoisotopic (exact) mass is 285 g/mol. The molecule has 21 heavy (non-hydrogen) atoms. The van der Waals surface area contributed by atoms with Gasteiger partial charge in [0.25, 0.3) is 5.56 Å². The maximum absolute atomic E-state index is 12.3. The summed E-state index contributed by atoms with van der Waals surface area (Å²) in [5, 5.41) is 0. The first kappa shape index (κ1) is 12.8. The van der Waals surface area contributed by atoms with E-state index in [1.165, 1.54) is 0 Å². The van der Waals surface area contributed by atoms with Crippen molar-refractivity contribution in [3.8, 4) is 0 Å². The lowest BCUT2D eigenvalue weighted by Crippen LogP contribution is -2.36. The van der Waals surface area contributed by atoms with Crippen molar-refractivity contribution in [3.05, 3.63) is 45.7 Å². The molecule has 3 heterocycles. The minimum atomic E-state index is 0.0476. The average molecular weight is 285 g/mol. The number of hydrogen-bond donors (Lipinski definition) is 1. The molecule has 0 spiro atoms. The minimum absolute atomic E-state index is 0.0476. The van der Waals surface area contributed by atoms with Gasteiger partial charge in [-0.15, -0.1) is 0 Å². The molecule has 6 nitrogen and oxygen atoms in total. The third kappa shape index (κ3) is 2.40. The van der Waals surface area contributed by atoms with Gasteiger partial charge in [-0.3, -0.25) is 9.69 Å². The Kier molecular flexibility index (Phi) is 2.92. The fraction of sp³-hybridized carbons (Fsp3) is 0.533. The molecule has 2 aromatic heterocycles. The summed E-state index contributed by atoms with van der Waals surface area (Å²) < 4.78 is 2.02. The van der Waals surface area contributed by atoms with Crippen LogP contribution in [0.25, 0.3) is 0 Å². The minimum Gasteiger partial charge on any atom is -0.337 e. The molecule has 0 bridgehead atoms. The number of nitrogens with one attached hydrogen (secondary N) is 1. The second-order valence-corrected chi connectivity index (χ2v) is 6.07. The van der Waals surface area contributed by atoms with Crippen molar-refractivity contribution in [2.75, 3.05) is 6.54 Å². The zero-order chi connectivity index (χ0) is 14.4. The number of aromatic amines is 1. The van der Waals surface area contributed by atoms with E-state index < -0.39 is 0 Å². The zero-order valence-corrected chi connectivity index (χ0v) is 12.2. The molecule has 1 saturated carbocycles. The normalized spacial score (nSPS) is 18.7. The van der Waals surface area contributed by atoms with Crippen LogP contribution in [-0.2, 0) is 26.6 Å². The molecule has 6 heteroatoms. The van der Waals surface area contributed by atoms with Crippen LogP contribution < -0.4 is 5.56 Å². The lowest BCUT2D eigenvalue weighted by atomic mass is 10.1. The molecular weight excluding hydrogens is 266 g/mol. The molecular formula is C15H19N5O. The van der Waals surface area contributed by atoms with E-state index in [1.54, 1.807) is 0 Å². The highest BCUT2D eigenvalue weighted by atomic mass is 16.1. The van der Waals surface area contributed by atoms with E-state index in [0.29, 0.717) is 12.5 Å². The van der Waals surface area contributed by atoms with Gasteiger partial charge in [0.05, 0.1) is 17.8 Å². The van der Waals surface area contributed by atoms with Gasteiger partial charge in [0.15, 0.2) is 0 Å². The topological polar surface area (TPSA) is 66.8 Å². The first-order valence-electron chi connectivity index (χ1n) is 7.51. The molecule has 0 saturated heterocycles. The van der Waals surface area contributed by atoms with Gasteiger partial charge in [-0.05, 0) is 12.8 Å². The van der Waals surface area contributed by atoms with Gasteiger partial charge in [0.2, 0.25) is 0 Å². The van der Waals surface area contributed by atoms with Gasteiger partial charge in [0, 0.05) is 44.9 Å². The second-order valence-electron chi connectivity index (χ2n) is 6.07. The summed E-state index contributed by atoms with van der Waals surface area (Å²) in [6, 6.07) is 0. The van der Waals surface area contributed by atoms with E-state index >= 15 is 0 Å². The summed E-state index contributed by atoms with van der Waals surface area (Å²) in [6.45, 7) is 2.36. The largest absolute Gasteiger partial charge is 0.337 e. The van der Waals surface area contributed by atoms with Gasteiger partial charge in [-0.25, -0.2) is 9.97 Å². The Balaban J connectivity index is 1.57. The summed E-state index contributed by atoms with van der Waals surface area (Å²) >= 11 is 0. The van der Waals surface area contributed by atoms with Crippen molar-refractivity contribution in [2.45, 2.75) is 38.3 Å². The van der Waals surface area contributed by atoms with E-state index in [4.69, 9.17) is 0 Å². The van der Waals surface area contributed by atoms with Crippen molar-refractivity contribution in [1.29, 1.82) is 0 Å². The summed E-state index contributed by atoms with van der Waals surface area (Å²) in [4.78, 5) is 26.6. The third-order valence-electron chi connectivity index (χ3n) is 4.42. The quantitative estimate of drug-likeness (QED) is 0.911. The van der Waals surface area contributed by atoms with Crippen LogP contribution in [0.5, 0.6) is 0 Å². The molecule has 1 fully saturated rings. The van der Waals surface area contributed by atoms with Crippen LogP contribution in [0.2, 0.25) is 0 Å². The Morgan fingerprint density at radius 3 is 3.00 bits per heavy atom. The summed E-state index contributed by atoms with van der Waals surface area (Å²) in [5.41, 5.74) is 1.88. The summed E-state index contributed by atoms with van der Waals surface area (Å²) in [7, 11) is 2.00. The zero-order valence-electron chi connectivity index (χ0n) is 12.2. The summed E-state index contributed by atoms with van der Waals surface area (Å²) in [6.07, 6.45) is 6.93. The molecule has 110 valence electrons. The number of nitrogens with zero attached hydrogens (tertiary/aromatic N) is 4. The highest BCUT2D eigenvalue weighted by Crippen LogP contribution is 2.37. The van der Waals surface area contributed by atoms with E-state index in [9.17, 15) is 4.79 Å². The highest BCUT2D eigenvalue weighted by molar-refractivity contribution is 5.23. The van der Waals surface area contributed by atoms with Crippen LogP contribution in [0.1, 0.15) is 41.7 Å².